The van der Waals surface area contributed by atoms with Gasteiger partial charge in [-0.25, -0.2) is 4.98 Å². The van der Waals surface area contributed by atoms with Gasteiger partial charge in [0.25, 0.3) is 5.91 Å². The molecule has 0 spiro atoms. The van der Waals surface area contributed by atoms with Gasteiger partial charge in [-0.05, 0) is 45.4 Å². The highest BCUT2D eigenvalue weighted by molar-refractivity contribution is 7.13. The van der Waals surface area contributed by atoms with Crippen molar-refractivity contribution in [1.82, 2.24) is 15.6 Å². The average Bonchev–Trinajstić information content (AvgIpc) is 2.96. The van der Waals surface area contributed by atoms with Crippen molar-refractivity contribution in [2.75, 3.05) is 6.54 Å². The third-order valence-electron chi connectivity index (χ3n) is 4.07. The SMILES string of the molecule is Cc1csc(-c2cccc(C(=O)NC3CCCNC3C)c2)n1. The summed E-state index contributed by atoms with van der Waals surface area (Å²) in [6, 6.07) is 8.23. The number of carbonyl (C=O) groups is 1. The Morgan fingerprint density at radius 2 is 2.32 bits per heavy atom. The van der Waals surface area contributed by atoms with E-state index in [1.54, 1.807) is 11.3 Å². The van der Waals surface area contributed by atoms with Gasteiger partial charge in [0, 0.05) is 34.3 Å². The van der Waals surface area contributed by atoms with E-state index in [-0.39, 0.29) is 11.9 Å². The molecule has 0 bridgehead atoms. The maximum absolute atomic E-state index is 12.5. The molecule has 0 saturated carbocycles. The van der Waals surface area contributed by atoms with Gasteiger partial charge >= 0.3 is 0 Å². The van der Waals surface area contributed by atoms with Crippen LogP contribution in [0.2, 0.25) is 0 Å². The van der Waals surface area contributed by atoms with Gasteiger partial charge in [-0.15, -0.1) is 11.3 Å². The predicted molar refractivity (Wildman–Crippen MR) is 90.2 cm³/mol. The molecule has 1 fully saturated rings. The molecule has 2 unspecified atom stereocenters. The summed E-state index contributed by atoms with van der Waals surface area (Å²) in [5.41, 5.74) is 2.71. The Morgan fingerprint density at radius 1 is 1.45 bits per heavy atom. The van der Waals surface area contributed by atoms with Crippen LogP contribution in [0.1, 0.15) is 35.8 Å². The Morgan fingerprint density at radius 3 is 3.05 bits per heavy atom. The van der Waals surface area contributed by atoms with E-state index in [2.05, 4.69) is 22.5 Å². The summed E-state index contributed by atoms with van der Waals surface area (Å²) in [6.07, 6.45) is 2.14. The first kappa shape index (κ1) is 15.2. The molecular formula is C17H21N3OS. The summed E-state index contributed by atoms with van der Waals surface area (Å²) < 4.78 is 0. The number of aryl methyl sites for hydroxylation is 1. The summed E-state index contributed by atoms with van der Waals surface area (Å²) in [5, 5.41) is 9.54. The lowest BCUT2D eigenvalue weighted by molar-refractivity contribution is 0.0920. The fourth-order valence-electron chi connectivity index (χ4n) is 2.77. The summed E-state index contributed by atoms with van der Waals surface area (Å²) in [6.45, 7) is 5.14. The Hall–Kier alpha value is -1.72. The molecule has 1 amide bonds. The second-order valence-corrected chi connectivity index (χ2v) is 6.70. The summed E-state index contributed by atoms with van der Waals surface area (Å²) in [4.78, 5) is 17.0. The Labute approximate surface area is 135 Å². The number of benzene rings is 1. The number of hydrogen-bond acceptors (Lipinski definition) is 4. The lowest BCUT2D eigenvalue weighted by Crippen LogP contribution is -2.51. The van der Waals surface area contributed by atoms with E-state index < -0.39 is 0 Å². The van der Waals surface area contributed by atoms with Crippen molar-refractivity contribution in [3.05, 3.63) is 40.9 Å². The molecule has 3 rings (SSSR count). The van der Waals surface area contributed by atoms with E-state index in [4.69, 9.17) is 0 Å². The van der Waals surface area contributed by atoms with Crippen molar-refractivity contribution in [3.63, 3.8) is 0 Å². The molecule has 1 aromatic heterocycles. The smallest absolute Gasteiger partial charge is 0.251 e. The monoisotopic (exact) mass is 315 g/mol. The van der Waals surface area contributed by atoms with Crippen LogP contribution in [0.4, 0.5) is 0 Å². The second kappa shape index (κ2) is 6.58. The first-order chi connectivity index (χ1) is 10.6. The molecule has 1 saturated heterocycles. The van der Waals surface area contributed by atoms with Gasteiger partial charge in [-0.2, -0.15) is 0 Å². The van der Waals surface area contributed by atoms with Crippen molar-refractivity contribution < 1.29 is 4.79 Å². The molecule has 1 aromatic carbocycles. The normalized spacial score (nSPS) is 21.5. The fraction of sp³-hybridized carbons (Fsp3) is 0.412. The third kappa shape index (κ3) is 3.36. The molecule has 2 aromatic rings. The Balaban J connectivity index is 1.75. The van der Waals surface area contributed by atoms with Gasteiger partial charge in [-0.1, -0.05) is 12.1 Å². The van der Waals surface area contributed by atoms with Crippen LogP contribution in [0.3, 0.4) is 0 Å². The van der Waals surface area contributed by atoms with Gasteiger partial charge in [0.15, 0.2) is 0 Å². The van der Waals surface area contributed by atoms with Crippen LogP contribution < -0.4 is 10.6 Å². The first-order valence-corrected chi connectivity index (χ1v) is 8.58. The lowest BCUT2D eigenvalue weighted by Gasteiger charge is -2.30. The number of carbonyl (C=O) groups excluding carboxylic acids is 1. The molecule has 2 atom stereocenters. The topological polar surface area (TPSA) is 54.0 Å². The van der Waals surface area contributed by atoms with Crippen molar-refractivity contribution in [2.24, 2.45) is 0 Å². The number of aromatic nitrogens is 1. The van der Waals surface area contributed by atoms with E-state index >= 15 is 0 Å². The molecule has 2 heterocycles. The highest BCUT2D eigenvalue weighted by Gasteiger charge is 2.22. The zero-order valence-electron chi connectivity index (χ0n) is 12.9. The lowest BCUT2D eigenvalue weighted by atomic mass is 9.99. The number of hydrogen-bond donors (Lipinski definition) is 2. The van der Waals surface area contributed by atoms with E-state index in [9.17, 15) is 4.79 Å². The number of amides is 1. The second-order valence-electron chi connectivity index (χ2n) is 5.84. The summed E-state index contributed by atoms with van der Waals surface area (Å²) >= 11 is 1.61. The maximum Gasteiger partial charge on any atom is 0.251 e. The van der Waals surface area contributed by atoms with Gasteiger partial charge in [0.1, 0.15) is 5.01 Å². The fourth-order valence-corrected chi connectivity index (χ4v) is 3.57. The van der Waals surface area contributed by atoms with Crippen molar-refractivity contribution in [1.29, 1.82) is 0 Å². The number of thiazole rings is 1. The van der Waals surface area contributed by atoms with Crippen LogP contribution in [0, 0.1) is 6.92 Å². The molecule has 4 nitrogen and oxygen atoms in total. The largest absolute Gasteiger partial charge is 0.348 e. The van der Waals surface area contributed by atoms with Gasteiger partial charge in [0.05, 0.1) is 0 Å². The molecule has 116 valence electrons. The van der Waals surface area contributed by atoms with Crippen molar-refractivity contribution in [3.8, 4) is 10.6 Å². The molecule has 2 N–H and O–H groups in total. The average molecular weight is 315 g/mol. The summed E-state index contributed by atoms with van der Waals surface area (Å²) in [7, 11) is 0. The molecule has 0 aliphatic carbocycles. The van der Waals surface area contributed by atoms with E-state index in [0.29, 0.717) is 11.6 Å². The van der Waals surface area contributed by atoms with Crippen LogP contribution in [0.5, 0.6) is 0 Å². The number of nitrogens with one attached hydrogen (secondary N) is 2. The third-order valence-corrected chi connectivity index (χ3v) is 5.08. The minimum atomic E-state index is -0.00400. The zero-order valence-corrected chi connectivity index (χ0v) is 13.7. The minimum absolute atomic E-state index is 0.00400. The van der Waals surface area contributed by atoms with Gasteiger partial charge in [0.2, 0.25) is 0 Å². The highest BCUT2D eigenvalue weighted by atomic mass is 32.1. The minimum Gasteiger partial charge on any atom is -0.348 e. The maximum atomic E-state index is 12.5. The van der Waals surface area contributed by atoms with Gasteiger partial charge in [-0.3, -0.25) is 4.79 Å². The van der Waals surface area contributed by atoms with Crippen molar-refractivity contribution >= 4 is 17.2 Å². The van der Waals surface area contributed by atoms with Crippen LogP contribution >= 0.6 is 11.3 Å². The zero-order chi connectivity index (χ0) is 15.5. The Bertz CT molecular complexity index is 667. The molecule has 1 aliphatic rings. The van der Waals surface area contributed by atoms with E-state index in [1.165, 1.54) is 0 Å². The summed E-state index contributed by atoms with van der Waals surface area (Å²) in [5.74, 6) is -0.00400. The van der Waals surface area contributed by atoms with E-state index in [1.807, 2.05) is 36.6 Å². The first-order valence-electron chi connectivity index (χ1n) is 7.70. The van der Waals surface area contributed by atoms with Crippen LogP contribution in [0.15, 0.2) is 29.6 Å². The quantitative estimate of drug-likeness (QED) is 0.915. The van der Waals surface area contributed by atoms with Gasteiger partial charge < -0.3 is 10.6 Å². The molecule has 1 aliphatic heterocycles. The van der Waals surface area contributed by atoms with Crippen LogP contribution in [-0.4, -0.2) is 29.5 Å². The van der Waals surface area contributed by atoms with Crippen LogP contribution in [0.25, 0.3) is 10.6 Å². The highest BCUT2D eigenvalue weighted by Crippen LogP contribution is 2.24. The van der Waals surface area contributed by atoms with Crippen LogP contribution in [-0.2, 0) is 0 Å². The molecule has 0 radical (unpaired) electrons. The number of piperidine rings is 1. The standard InChI is InChI=1S/C17H21N3OS/c1-11-10-22-17(19-11)14-6-3-5-13(9-14)16(21)20-15-7-4-8-18-12(15)2/h3,5-6,9-10,12,15,18H,4,7-8H2,1-2H3,(H,20,21). The molecular weight excluding hydrogens is 294 g/mol. The molecule has 5 heteroatoms. The van der Waals surface area contributed by atoms with Crippen molar-refractivity contribution in [2.45, 2.75) is 38.8 Å². The van der Waals surface area contributed by atoms with E-state index in [0.717, 1.165) is 35.7 Å². The number of rotatable bonds is 3. The predicted octanol–water partition coefficient (Wildman–Crippen LogP) is 2.99. The number of nitrogens with zero attached hydrogens (tertiary/aromatic N) is 1. The Kier molecular flexibility index (Phi) is 4.55. The molecule has 22 heavy (non-hydrogen) atoms.